The van der Waals surface area contributed by atoms with Gasteiger partial charge in [-0.15, -0.1) is 36.2 Å². The van der Waals surface area contributed by atoms with Gasteiger partial charge in [0, 0.05) is 24.8 Å². The topological polar surface area (TPSA) is 68.0 Å². The number of halogens is 2. The van der Waals surface area contributed by atoms with E-state index in [9.17, 15) is 4.79 Å². The Kier molecular flexibility index (Phi) is 10.3. The average Bonchev–Trinajstić information content (AvgIpc) is 2.85. The first-order chi connectivity index (χ1) is 9.63. The van der Waals surface area contributed by atoms with Gasteiger partial charge < -0.3 is 11.1 Å². The van der Waals surface area contributed by atoms with Crippen molar-refractivity contribution in [2.75, 3.05) is 13.1 Å². The van der Waals surface area contributed by atoms with Gasteiger partial charge in [0.25, 0.3) is 0 Å². The second kappa shape index (κ2) is 10.4. The average molecular weight is 368 g/mol. The summed E-state index contributed by atoms with van der Waals surface area (Å²) in [5, 5.41) is 6.16. The monoisotopic (exact) mass is 367 g/mol. The molecule has 1 aliphatic rings. The standard InChI is InChI=1S/C15H25N3OS.2ClH/c1-12-18-13(10-20-12)5-8-17-14(19)9-15(11-16)6-3-2-4-7-15;;/h10H,2-9,11,16H2,1H3,(H,17,19);2*1H. The van der Waals surface area contributed by atoms with Crippen LogP contribution in [0.25, 0.3) is 0 Å². The normalized spacial score (nSPS) is 16.3. The van der Waals surface area contributed by atoms with Crippen molar-refractivity contribution in [2.45, 2.75) is 51.9 Å². The maximum atomic E-state index is 12.1. The van der Waals surface area contributed by atoms with Gasteiger partial charge in [-0.25, -0.2) is 4.98 Å². The van der Waals surface area contributed by atoms with Gasteiger partial charge in [-0.3, -0.25) is 4.79 Å². The molecule has 2 rings (SSSR count). The van der Waals surface area contributed by atoms with E-state index >= 15 is 0 Å². The van der Waals surface area contributed by atoms with E-state index in [1.54, 1.807) is 11.3 Å². The van der Waals surface area contributed by atoms with Crippen molar-refractivity contribution >= 4 is 42.1 Å². The quantitative estimate of drug-likeness (QED) is 0.810. The number of amides is 1. The number of carbonyl (C=O) groups is 1. The molecule has 0 aromatic carbocycles. The van der Waals surface area contributed by atoms with Crippen molar-refractivity contribution in [3.8, 4) is 0 Å². The van der Waals surface area contributed by atoms with Gasteiger partial charge in [-0.05, 0) is 31.7 Å². The Morgan fingerprint density at radius 1 is 1.36 bits per heavy atom. The molecule has 0 saturated heterocycles. The Balaban J connectivity index is 0.00000220. The predicted molar refractivity (Wildman–Crippen MR) is 97.3 cm³/mol. The highest BCUT2D eigenvalue weighted by atomic mass is 35.5. The summed E-state index contributed by atoms with van der Waals surface area (Å²) in [5.41, 5.74) is 7.04. The summed E-state index contributed by atoms with van der Waals surface area (Å²) in [6.07, 6.45) is 7.30. The number of aromatic nitrogens is 1. The number of nitrogens with one attached hydrogen (secondary N) is 1. The molecule has 1 aliphatic carbocycles. The summed E-state index contributed by atoms with van der Waals surface area (Å²) in [4.78, 5) is 16.5. The fourth-order valence-corrected chi connectivity index (χ4v) is 3.66. The van der Waals surface area contributed by atoms with Gasteiger partial charge >= 0.3 is 0 Å². The third-order valence-electron chi connectivity index (χ3n) is 4.25. The first kappa shape index (κ1) is 21.6. The molecule has 1 amide bonds. The molecule has 4 nitrogen and oxygen atoms in total. The summed E-state index contributed by atoms with van der Waals surface area (Å²) in [7, 11) is 0. The van der Waals surface area contributed by atoms with Crippen LogP contribution in [0.5, 0.6) is 0 Å². The van der Waals surface area contributed by atoms with Gasteiger partial charge in [0.15, 0.2) is 0 Å². The molecule has 1 aromatic rings. The molecule has 0 spiro atoms. The molecule has 1 saturated carbocycles. The lowest BCUT2D eigenvalue weighted by atomic mass is 9.71. The highest BCUT2D eigenvalue weighted by molar-refractivity contribution is 7.09. The lowest BCUT2D eigenvalue weighted by Gasteiger charge is -2.35. The Bertz CT molecular complexity index is 448. The Labute approximate surface area is 149 Å². The molecule has 1 aromatic heterocycles. The van der Waals surface area contributed by atoms with Crippen molar-refractivity contribution in [1.82, 2.24) is 10.3 Å². The zero-order valence-electron chi connectivity index (χ0n) is 13.1. The van der Waals surface area contributed by atoms with Crippen LogP contribution < -0.4 is 11.1 Å². The van der Waals surface area contributed by atoms with Crippen molar-refractivity contribution < 1.29 is 4.79 Å². The van der Waals surface area contributed by atoms with Crippen LogP contribution in [0.2, 0.25) is 0 Å². The smallest absolute Gasteiger partial charge is 0.220 e. The van der Waals surface area contributed by atoms with E-state index in [1.807, 2.05) is 6.92 Å². The molecule has 1 fully saturated rings. The fraction of sp³-hybridized carbons (Fsp3) is 0.733. The fourth-order valence-electron chi connectivity index (χ4n) is 3.01. The zero-order valence-corrected chi connectivity index (χ0v) is 15.5. The molecule has 0 atom stereocenters. The van der Waals surface area contributed by atoms with Crippen LogP contribution in [0.4, 0.5) is 0 Å². The largest absolute Gasteiger partial charge is 0.356 e. The van der Waals surface area contributed by atoms with Crippen LogP contribution >= 0.6 is 36.2 Å². The van der Waals surface area contributed by atoms with E-state index < -0.39 is 0 Å². The third kappa shape index (κ3) is 6.41. The number of nitrogens with zero attached hydrogens (tertiary/aromatic N) is 1. The van der Waals surface area contributed by atoms with Crippen molar-refractivity contribution in [3.63, 3.8) is 0 Å². The van der Waals surface area contributed by atoms with Gasteiger partial charge in [-0.1, -0.05) is 19.3 Å². The maximum absolute atomic E-state index is 12.1. The van der Waals surface area contributed by atoms with Gasteiger partial charge in [0.05, 0.1) is 10.7 Å². The zero-order chi connectivity index (χ0) is 14.4. The number of hydrogen-bond acceptors (Lipinski definition) is 4. The van der Waals surface area contributed by atoms with E-state index in [2.05, 4.69) is 15.7 Å². The summed E-state index contributed by atoms with van der Waals surface area (Å²) < 4.78 is 0. The molecule has 0 radical (unpaired) electrons. The minimum absolute atomic E-state index is 0. The number of aryl methyl sites for hydroxylation is 1. The molecule has 0 unspecified atom stereocenters. The molecular formula is C15H27Cl2N3OS. The number of thiazole rings is 1. The number of hydrogen-bond donors (Lipinski definition) is 2. The van der Waals surface area contributed by atoms with Gasteiger partial charge in [0.1, 0.15) is 0 Å². The molecule has 22 heavy (non-hydrogen) atoms. The van der Waals surface area contributed by atoms with Crippen molar-refractivity contribution in [2.24, 2.45) is 11.1 Å². The van der Waals surface area contributed by atoms with E-state index in [1.165, 1.54) is 19.3 Å². The SMILES string of the molecule is Cc1nc(CCNC(=O)CC2(CN)CCCCC2)cs1.Cl.Cl. The lowest BCUT2D eigenvalue weighted by Crippen LogP contribution is -2.39. The second-order valence-electron chi connectivity index (χ2n) is 5.90. The summed E-state index contributed by atoms with van der Waals surface area (Å²) >= 11 is 1.65. The van der Waals surface area contributed by atoms with E-state index in [0.717, 1.165) is 30.0 Å². The number of carbonyl (C=O) groups excluding carboxylic acids is 1. The molecule has 1 heterocycles. The van der Waals surface area contributed by atoms with Crippen molar-refractivity contribution in [1.29, 1.82) is 0 Å². The van der Waals surface area contributed by atoms with E-state index in [0.29, 0.717) is 19.5 Å². The second-order valence-corrected chi connectivity index (χ2v) is 6.96. The molecule has 0 bridgehead atoms. The summed E-state index contributed by atoms with van der Waals surface area (Å²) in [6, 6.07) is 0. The van der Waals surface area contributed by atoms with Gasteiger partial charge in [-0.2, -0.15) is 0 Å². The van der Waals surface area contributed by atoms with Crippen LogP contribution in [0.3, 0.4) is 0 Å². The van der Waals surface area contributed by atoms with E-state index in [4.69, 9.17) is 5.73 Å². The van der Waals surface area contributed by atoms with E-state index in [-0.39, 0.29) is 36.1 Å². The minimum Gasteiger partial charge on any atom is -0.356 e. The summed E-state index contributed by atoms with van der Waals surface area (Å²) in [5.74, 6) is 0.143. The third-order valence-corrected chi connectivity index (χ3v) is 5.07. The first-order valence-corrected chi connectivity index (χ1v) is 8.39. The maximum Gasteiger partial charge on any atom is 0.220 e. The first-order valence-electron chi connectivity index (χ1n) is 7.51. The molecule has 7 heteroatoms. The predicted octanol–water partition coefficient (Wildman–Crippen LogP) is 3.25. The van der Waals surface area contributed by atoms with Gasteiger partial charge in [0.2, 0.25) is 5.91 Å². The highest BCUT2D eigenvalue weighted by Crippen LogP contribution is 2.38. The van der Waals surface area contributed by atoms with Crippen LogP contribution in [0.15, 0.2) is 5.38 Å². The summed E-state index contributed by atoms with van der Waals surface area (Å²) in [6.45, 7) is 3.30. The number of rotatable bonds is 6. The Morgan fingerprint density at radius 3 is 2.59 bits per heavy atom. The van der Waals surface area contributed by atoms with Crippen LogP contribution in [-0.2, 0) is 11.2 Å². The van der Waals surface area contributed by atoms with Crippen LogP contribution in [-0.4, -0.2) is 24.0 Å². The highest BCUT2D eigenvalue weighted by Gasteiger charge is 2.32. The lowest BCUT2D eigenvalue weighted by molar-refractivity contribution is -0.123. The van der Waals surface area contributed by atoms with Crippen LogP contribution in [0, 0.1) is 12.3 Å². The minimum atomic E-state index is 0. The van der Waals surface area contributed by atoms with Crippen LogP contribution in [0.1, 0.15) is 49.2 Å². The Hall–Kier alpha value is -0.360. The molecule has 0 aliphatic heterocycles. The number of nitrogens with two attached hydrogens (primary N) is 1. The molecule has 3 N–H and O–H groups in total. The molecule has 128 valence electrons. The Morgan fingerprint density at radius 2 is 2.05 bits per heavy atom. The molecular weight excluding hydrogens is 341 g/mol. The van der Waals surface area contributed by atoms with Crippen molar-refractivity contribution in [3.05, 3.63) is 16.1 Å².